The Hall–Kier alpha value is -1.75. The van der Waals surface area contributed by atoms with Gasteiger partial charge in [0.15, 0.2) is 5.82 Å². The maximum absolute atomic E-state index is 9.90. The van der Waals surface area contributed by atoms with Crippen LogP contribution >= 0.6 is 0 Å². The van der Waals surface area contributed by atoms with Crippen molar-refractivity contribution in [3.63, 3.8) is 0 Å². The number of aryl methyl sites for hydroxylation is 2. The van der Waals surface area contributed by atoms with E-state index in [1.807, 2.05) is 0 Å². The van der Waals surface area contributed by atoms with E-state index in [9.17, 15) is 5.11 Å². The number of benzene rings is 1. The maximum Gasteiger partial charge on any atom is 0.182 e. The summed E-state index contributed by atoms with van der Waals surface area (Å²) in [6.45, 7) is 10.1. The molecule has 0 unspecified atom stereocenters. The van der Waals surface area contributed by atoms with Gasteiger partial charge in [-0.1, -0.05) is 0 Å². The Bertz CT molecular complexity index is 573. The Morgan fingerprint density at radius 1 is 1.16 bits per heavy atom. The third-order valence-corrected chi connectivity index (χ3v) is 3.25. The molecule has 0 bridgehead atoms. The van der Waals surface area contributed by atoms with Crippen LogP contribution in [-0.4, -0.2) is 30.9 Å². The van der Waals surface area contributed by atoms with Crippen LogP contribution in [0, 0.1) is 20.8 Å². The van der Waals surface area contributed by atoms with Gasteiger partial charge in [-0.05, 0) is 73.9 Å². The molecule has 2 aromatic rings. The van der Waals surface area contributed by atoms with Gasteiger partial charge in [0.25, 0.3) is 0 Å². The summed E-state index contributed by atoms with van der Waals surface area (Å²) in [5.41, 5.74) is 3.85. The van der Waals surface area contributed by atoms with Crippen LogP contribution in [0.3, 0.4) is 0 Å². The molecule has 1 aromatic carbocycles. The standard InChI is InChI=1S/C14H20N4O/c1-9-6-12(7-10(2)11(9)3)13-15-16-17-18(13)8-14(4,5)19/h6-7,19H,8H2,1-5H3. The van der Waals surface area contributed by atoms with Crippen molar-refractivity contribution >= 4 is 0 Å². The van der Waals surface area contributed by atoms with Gasteiger partial charge in [0.2, 0.25) is 0 Å². The van der Waals surface area contributed by atoms with Crippen molar-refractivity contribution < 1.29 is 5.11 Å². The van der Waals surface area contributed by atoms with E-state index >= 15 is 0 Å². The van der Waals surface area contributed by atoms with E-state index in [4.69, 9.17) is 0 Å². The molecule has 0 spiro atoms. The summed E-state index contributed by atoms with van der Waals surface area (Å²) in [5, 5.41) is 21.6. The lowest BCUT2D eigenvalue weighted by molar-refractivity contribution is 0.0576. The lowest BCUT2D eigenvalue weighted by atomic mass is 10.0. The van der Waals surface area contributed by atoms with Gasteiger partial charge in [-0.25, -0.2) is 4.68 Å². The van der Waals surface area contributed by atoms with Crippen molar-refractivity contribution in [1.82, 2.24) is 20.2 Å². The zero-order valence-electron chi connectivity index (χ0n) is 12.1. The predicted octanol–water partition coefficient (Wildman–Crippen LogP) is 2.04. The summed E-state index contributed by atoms with van der Waals surface area (Å²) in [5.74, 6) is 0.688. The van der Waals surface area contributed by atoms with E-state index in [1.165, 1.54) is 16.7 Å². The Balaban J connectivity index is 2.46. The summed E-state index contributed by atoms with van der Waals surface area (Å²) in [7, 11) is 0. The van der Waals surface area contributed by atoms with Gasteiger partial charge in [0.1, 0.15) is 0 Å². The quantitative estimate of drug-likeness (QED) is 0.917. The van der Waals surface area contributed by atoms with Crippen LogP contribution in [0.5, 0.6) is 0 Å². The first kappa shape index (κ1) is 13.7. The summed E-state index contributed by atoms with van der Waals surface area (Å²) in [4.78, 5) is 0. The summed E-state index contributed by atoms with van der Waals surface area (Å²) < 4.78 is 1.64. The SMILES string of the molecule is Cc1cc(-c2nnnn2CC(C)(C)O)cc(C)c1C. The van der Waals surface area contributed by atoms with Crippen LogP contribution in [0.4, 0.5) is 0 Å². The van der Waals surface area contributed by atoms with Crippen LogP contribution in [0.25, 0.3) is 11.4 Å². The molecule has 1 aromatic heterocycles. The van der Waals surface area contributed by atoms with Crippen molar-refractivity contribution in [3.05, 3.63) is 28.8 Å². The van der Waals surface area contributed by atoms with Crippen molar-refractivity contribution in [3.8, 4) is 11.4 Å². The number of nitrogens with zero attached hydrogens (tertiary/aromatic N) is 4. The summed E-state index contributed by atoms with van der Waals surface area (Å²) >= 11 is 0. The first-order valence-electron chi connectivity index (χ1n) is 6.35. The van der Waals surface area contributed by atoms with E-state index in [2.05, 4.69) is 48.4 Å². The molecule has 5 nitrogen and oxygen atoms in total. The second-order valence-electron chi connectivity index (χ2n) is 5.71. The van der Waals surface area contributed by atoms with Gasteiger partial charge in [0.05, 0.1) is 12.1 Å². The Morgan fingerprint density at radius 3 is 2.26 bits per heavy atom. The topological polar surface area (TPSA) is 63.8 Å². The number of rotatable bonds is 3. The number of hydrogen-bond acceptors (Lipinski definition) is 4. The molecule has 19 heavy (non-hydrogen) atoms. The van der Waals surface area contributed by atoms with Gasteiger partial charge in [-0.2, -0.15) is 0 Å². The minimum Gasteiger partial charge on any atom is -0.389 e. The lowest BCUT2D eigenvalue weighted by Gasteiger charge is -2.17. The molecule has 102 valence electrons. The number of aromatic nitrogens is 4. The largest absolute Gasteiger partial charge is 0.389 e. The molecule has 0 saturated heterocycles. The average molecular weight is 260 g/mol. The van der Waals surface area contributed by atoms with Crippen LogP contribution in [0.2, 0.25) is 0 Å². The average Bonchev–Trinajstić information content (AvgIpc) is 2.70. The van der Waals surface area contributed by atoms with Crippen LogP contribution in [0.1, 0.15) is 30.5 Å². The minimum absolute atomic E-state index is 0.362. The van der Waals surface area contributed by atoms with Crippen molar-refractivity contribution in [2.24, 2.45) is 0 Å². The van der Waals surface area contributed by atoms with Gasteiger partial charge >= 0.3 is 0 Å². The van der Waals surface area contributed by atoms with E-state index in [1.54, 1.807) is 18.5 Å². The molecule has 0 aliphatic heterocycles. The highest BCUT2D eigenvalue weighted by atomic mass is 16.3. The van der Waals surface area contributed by atoms with Gasteiger partial charge in [-0.15, -0.1) is 5.10 Å². The first-order valence-corrected chi connectivity index (χ1v) is 6.35. The van der Waals surface area contributed by atoms with Gasteiger partial charge in [-0.3, -0.25) is 0 Å². The molecule has 0 radical (unpaired) electrons. The molecule has 0 atom stereocenters. The maximum atomic E-state index is 9.90. The molecular weight excluding hydrogens is 240 g/mol. The molecule has 2 rings (SSSR count). The zero-order valence-corrected chi connectivity index (χ0v) is 12.1. The Kier molecular flexibility index (Phi) is 3.41. The third-order valence-electron chi connectivity index (χ3n) is 3.25. The van der Waals surface area contributed by atoms with Crippen molar-refractivity contribution in [2.45, 2.75) is 46.8 Å². The second-order valence-corrected chi connectivity index (χ2v) is 5.71. The van der Waals surface area contributed by atoms with E-state index < -0.39 is 5.60 Å². The van der Waals surface area contributed by atoms with Crippen molar-refractivity contribution in [1.29, 1.82) is 0 Å². The highest BCUT2D eigenvalue weighted by Gasteiger charge is 2.18. The zero-order chi connectivity index (χ0) is 14.2. The third kappa shape index (κ3) is 2.98. The molecule has 0 amide bonds. The van der Waals surface area contributed by atoms with E-state index in [0.29, 0.717) is 12.4 Å². The molecule has 0 fully saturated rings. The molecule has 1 N–H and O–H groups in total. The Labute approximate surface area is 113 Å². The highest BCUT2D eigenvalue weighted by Crippen LogP contribution is 2.23. The monoisotopic (exact) mass is 260 g/mol. The van der Waals surface area contributed by atoms with Crippen LogP contribution < -0.4 is 0 Å². The fraction of sp³-hybridized carbons (Fsp3) is 0.500. The first-order chi connectivity index (χ1) is 8.78. The smallest absolute Gasteiger partial charge is 0.182 e. The molecule has 5 heteroatoms. The fourth-order valence-electron chi connectivity index (χ4n) is 2.05. The van der Waals surface area contributed by atoms with Crippen molar-refractivity contribution in [2.75, 3.05) is 0 Å². The molecule has 0 aliphatic rings. The van der Waals surface area contributed by atoms with Gasteiger partial charge < -0.3 is 5.11 Å². The lowest BCUT2D eigenvalue weighted by Crippen LogP contribution is -2.27. The molecule has 0 saturated carbocycles. The molecule has 0 aliphatic carbocycles. The van der Waals surface area contributed by atoms with E-state index in [0.717, 1.165) is 5.56 Å². The van der Waals surface area contributed by atoms with E-state index in [-0.39, 0.29) is 0 Å². The van der Waals surface area contributed by atoms with Crippen LogP contribution in [0.15, 0.2) is 12.1 Å². The molecular formula is C14H20N4O. The Morgan fingerprint density at radius 2 is 1.74 bits per heavy atom. The van der Waals surface area contributed by atoms with Crippen LogP contribution in [-0.2, 0) is 6.54 Å². The second kappa shape index (κ2) is 4.74. The summed E-state index contributed by atoms with van der Waals surface area (Å²) in [6.07, 6.45) is 0. The number of hydrogen-bond donors (Lipinski definition) is 1. The normalized spacial score (nSPS) is 11.9. The minimum atomic E-state index is -0.848. The van der Waals surface area contributed by atoms with Gasteiger partial charge in [0, 0.05) is 5.56 Å². The molecule has 1 heterocycles. The predicted molar refractivity (Wildman–Crippen MR) is 73.8 cm³/mol. The summed E-state index contributed by atoms with van der Waals surface area (Å²) in [6, 6.07) is 4.16. The fourth-order valence-corrected chi connectivity index (χ4v) is 2.05. The number of aliphatic hydroxyl groups is 1. The number of tetrazole rings is 1. The highest BCUT2D eigenvalue weighted by molar-refractivity contribution is 5.59.